The van der Waals surface area contributed by atoms with Crippen molar-refractivity contribution < 1.29 is 4.79 Å². The maximum absolute atomic E-state index is 11.6. The van der Waals surface area contributed by atoms with E-state index >= 15 is 0 Å². The largest absolute Gasteiger partial charge is 0.325 e. The summed E-state index contributed by atoms with van der Waals surface area (Å²) in [7, 11) is 0. The molecule has 3 nitrogen and oxygen atoms in total. The van der Waals surface area contributed by atoms with Crippen molar-refractivity contribution >= 4 is 27.5 Å². The van der Waals surface area contributed by atoms with Crippen molar-refractivity contribution in [1.82, 2.24) is 5.32 Å². The Kier molecular flexibility index (Phi) is 6.89. The van der Waals surface area contributed by atoms with Crippen LogP contribution in [0.15, 0.2) is 28.7 Å². The minimum Gasteiger partial charge on any atom is -0.325 e. The molecule has 1 amide bonds. The molecule has 2 N–H and O–H groups in total. The number of nitrogens with one attached hydrogen (secondary N) is 2. The molecule has 0 radical (unpaired) electrons. The van der Waals surface area contributed by atoms with E-state index in [-0.39, 0.29) is 5.91 Å². The van der Waals surface area contributed by atoms with E-state index in [1.807, 2.05) is 24.3 Å². The molecule has 0 saturated carbocycles. The molecule has 0 bridgehead atoms. The quantitative estimate of drug-likeness (QED) is 0.759. The van der Waals surface area contributed by atoms with Gasteiger partial charge >= 0.3 is 0 Å². The number of halogens is 1. The zero-order chi connectivity index (χ0) is 12.5. The molecule has 1 rings (SSSR count). The van der Waals surface area contributed by atoms with Crippen LogP contribution in [0, 0.1) is 0 Å². The molecule has 94 valence electrons. The molecule has 0 atom stereocenters. The van der Waals surface area contributed by atoms with Crippen LogP contribution in [0.2, 0.25) is 0 Å². The lowest BCUT2D eigenvalue weighted by Gasteiger charge is -2.07. The highest BCUT2D eigenvalue weighted by Crippen LogP contribution is 2.21. The van der Waals surface area contributed by atoms with Gasteiger partial charge in [-0.3, -0.25) is 4.79 Å². The van der Waals surface area contributed by atoms with Crippen molar-refractivity contribution in [3.05, 3.63) is 28.7 Å². The molecule has 0 aliphatic heterocycles. The summed E-state index contributed by atoms with van der Waals surface area (Å²) in [5, 5.41) is 6.12. The van der Waals surface area contributed by atoms with Gasteiger partial charge in [-0.2, -0.15) is 0 Å². The first-order valence-corrected chi connectivity index (χ1v) is 6.78. The predicted octanol–water partition coefficient (Wildman–Crippen LogP) is 3.17. The highest BCUT2D eigenvalue weighted by molar-refractivity contribution is 9.10. The van der Waals surface area contributed by atoms with E-state index in [9.17, 15) is 4.79 Å². The van der Waals surface area contributed by atoms with Gasteiger partial charge in [0.05, 0.1) is 5.69 Å². The van der Waals surface area contributed by atoms with E-state index < -0.39 is 0 Å². The number of unbranched alkanes of at least 4 members (excludes halogenated alkanes) is 1. The maximum Gasteiger partial charge on any atom is 0.225 e. The van der Waals surface area contributed by atoms with Gasteiger partial charge in [0.15, 0.2) is 0 Å². The van der Waals surface area contributed by atoms with E-state index in [2.05, 4.69) is 33.5 Å². The lowest BCUT2D eigenvalue weighted by Crippen LogP contribution is -2.22. The van der Waals surface area contributed by atoms with Crippen molar-refractivity contribution in [3.63, 3.8) is 0 Å². The van der Waals surface area contributed by atoms with Gasteiger partial charge in [0.2, 0.25) is 5.91 Å². The second-order valence-corrected chi connectivity index (χ2v) is 4.74. The van der Waals surface area contributed by atoms with Crippen LogP contribution < -0.4 is 10.6 Å². The van der Waals surface area contributed by atoms with E-state index in [0.29, 0.717) is 6.42 Å². The van der Waals surface area contributed by atoms with E-state index in [1.54, 1.807) is 0 Å². The average Bonchev–Trinajstić information content (AvgIpc) is 2.32. The van der Waals surface area contributed by atoms with Gasteiger partial charge in [-0.15, -0.1) is 0 Å². The fraction of sp³-hybridized carbons (Fsp3) is 0.462. The molecule has 0 aliphatic carbocycles. The highest BCUT2D eigenvalue weighted by atomic mass is 79.9. The van der Waals surface area contributed by atoms with Gasteiger partial charge in [-0.1, -0.05) is 25.5 Å². The number of rotatable bonds is 7. The van der Waals surface area contributed by atoms with Gasteiger partial charge in [0.1, 0.15) is 0 Å². The van der Waals surface area contributed by atoms with Crippen LogP contribution in [-0.4, -0.2) is 19.0 Å². The number of carbonyl (C=O) groups excluding carboxylic acids is 1. The fourth-order valence-corrected chi connectivity index (χ4v) is 1.79. The van der Waals surface area contributed by atoms with Crippen molar-refractivity contribution in [2.75, 3.05) is 18.4 Å². The zero-order valence-electron chi connectivity index (χ0n) is 10.1. The summed E-state index contributed by atoms with van der Waals surface area (Å²) < 4.78 is 0.910. The number of amides is 1. The average molecular weight is 299 g/mol. The van der Waals surface area contributed by atoms with E-state index in [1.165, 1.54) is 6.42 Å². The van der Waals surface area contributed by atoms with Crippen LogP contribution in [0.5, 0.6) is 0 Å². The monoisotopic (exact) mass is 298 g/mol. The molecule has 1 aromatic rings. The molecule has 0 spiro atoms. The zero-order valence-corrected chi connectivity index (χ0v) is 11.7. The first-order chi connectivity index (χ1) is 8.24. The second-order valence-electron chi connectivity index (χ2n) is 3.88. The first-order valence-electron chi connectivity index (χ1n) is 5.99. The summed E-state index contributed by atoms with van der Waals surface area (Å²) in [4.78, 5) is 11.6. The number of anilines is 1. The molecular weight excluding hydrogens is 280 g/mol. The highest BCUT2D eigenvalue weighted by Gasteiger charge is 2.03. The summed E-state index contributed by atoms with van der Waals surface area (Å²) in [5.74, 6) is 0.0425. The second kappa shape index (κ2) is 8.25. The Labute approximate surface area is 111 Å². The summed E-state index contributed by atoms with van der Waals surface area (Å²) in [5.41, 5.74) is 0.825. The molecule has 1 aromatic carbocycles. The number of hydrogen-bond acceptors (Lipinski definition) is 2. The number of hydrogen-bond donors (Lipinski definition) is 2. The van der Waals surface area contributed by atoms with Crippen molar-refractivity contribution in [2.45, 2.75) is 26.2 Å². The molecule has 0 saturated heterocycles. The predicted molar refractivity (Wildman–Crippen MR) is 75.2 cm³/mol. The molecule has 17 heavy (non-hydrogen) atoms. The molecule has 0 aliphatic rings. The van der Waals surface area contributed by atoms with Crippen LogP contribution in [0.3, 0.4) is 0 Å². The summed E-state index contributed by atoms with van der Waals surface area (Å²) in [6, 6.07) is 7.62. The molecule has 4 heteroatoms. The topological polar surface area (TPSA) is 41.1 Å². The summed E-state index contributed by atoms with van der Waals surface area (Å²) >= 11 is 3.40. The fourth-order valence-electron chi connectivity index (χ4n) is 1.40. The van der Waals surface area contributed by atoms with Crippen LogP contribution >= 0.6 is 15.9 Å². The lowest BCUT2D eigenvalue weighted by molar-refractivity contribution is -0.116. The molecule has 0 unspecified atom stereocenters. The van der Waals surface area contributed by atoms with Crippen LogP contribution in [0.1, 0.15) is 26.2 Å². The Hall–Kier alpha value is -0.870. The van der Waals surface area contributed by atoms with Gasteiger partial charge in [-0.25, -0.2) is 0 Å². The Morgan fingerprint density at radius 3 is 2.76 bits per heavy atom. The van der Waals surface area contributed by atoms with Gasteiger partial charge in [-0.05, 0) is 41.0 Å². The first kappa shape index (κ1) is 14.2. The molecule has 0 aromatic heterocycles. The van der Waals surface area contributed by atoms with E-state index in [0.717, 1.165) is 29.7 Å². The smallest absolute Gasteiger partial charge is 0.225 e. The van der Waals surface area contributed by atoms with E-state index in [4.69, 9.17) is 0 Å². The standard InChI is InChI=1S/C13H19BrN2O/c1-2-3-9-15-10-8-13(17)16-12-7-5-4-6-11(12)14/h4-7,15H,2-3,8-10H2,1H3,(H,16,17). The molecular formula is C13H19BrN2O. The SMILES string of the molecule is CCCCNCCC(=O)Nc1ccccc1Br. The summed E-state index contributed by atoms with van der Waals surface area (Å²) in [6.45, 7) is 3.87. The minimum atomic E-state index is 0.0425. The van der Waals surface area contributed by atoms with Crippen LogP contribution in [0.4, 0.5) is 5.69 Å². The van der Waals surface area contributed by atoms with Crippen molar-refractivity contribution in [1.29, 1.82) is 0 Å². The van der Waals surface area contributed by atoms with Gasteiger partial charge in [0.25, 0.3) is 0 Å². The Morgan fingerprint density at radius 2 is 2.06 bits per heavy atom. The number of para-hydroxylation sites is 1. The Bertz CT molecular complexity index is 355. The Morgan fingerprint density at radius 1 is 1.29 bits per heavy atom. The minimum absolute atomic E-state index is 0.0425. The lowest BCUT2D eigenvalue weighted by atomic mass is 10.3. The van der Waals surface area contributed by atoms with Gasteiger partial charge < -0.3 is 10.6 Å². The molecule has 0 heterocycles. The summed E-state index contributed by atoms with van der Waals surface area (Å²) in [6.07, 6.45) is 2.84. The normalized spacial score (nSPS) is 10.2. The van der Waals surface area contributed by atoms with Crippen molar-refractivity contribution in [3.8, 4) is 0 Å². The van der Waals surface area contributed by atoms with Crippen LogP contribution in [0.25, 0.3) is 0 Å². The Balaban J connectivity index is 2.23. The third-order valence-corrected chi connectivity index (χ3v) is 3.08. The van der Waals surface area contributed by atoms with Gasteiger partial charge in [0, 0.05) is 17.4 Å². The number of benzene rings is 1. The third kappa shape index (κ3) is 5.84. The van der Waals surface area contributed by atoms with Crippen molar-refractivity contribution in [2.24, 2.45) is 0 Å². The maximum atomic E-state index is 11.6. The molecule has 0 fully saturated rings. The van der Waals surface area contributed by atoms with Crippen LogP contribution in [-0.2, 0) is 4.79 Å². The number of carbonyl (C=O) groups is 1. The third-order valence-electron chi connectivity index (χ3n) is 2.38.